The van der Waals surface area contributed by atoms with Gasteiger partial charge in [-0.15, -0.1) is 0 Å². The Labute approximate surface area is 355 Å². The summed E-state index contributed by atoms with van der Waals surface area (Å²) in [6.45, 7) is 9.64. The van der Waals surface area contributed by atoms with Gasteiger partial charge in [0.05, 0.1) is 19.2 Å². The van der Waals surface area contributed by atoms with Gasteiger partial charge in [0, 0.05) is 41.4 Å². The highest BCUT2D eigenvalue weighted by atomic mass is 127. The van der Waals surface area contributed by atoms with Gasteiger partial charge in [0.2, 0.25) is 5.91 Å². The van der Waals surface area contributed by atoms with E-state index in [0.717, 1.165) is 47.7 Å². The van der Waals surface area contributed by atoms with Crippen molar-refractivity contribution >= 4 is 46.3 Å². The molecule has 13 nitrogen and oxygen atoms in total. The van der Waals surface area contributed by atoms with E-state index in [1.54, 1.807) is 50.1 Å². The molecule has 1 aliphatic carbocycles. The number of nitrogens with one attached hydrogen (secondary N) is 2. The quantitative estimate of drug-likeness (QED) is 0.0829. The third-order valence-electron chi connectivity index (χ3n) is 11.5. The fraction of sp³-hybridized carbons (Fsp3) is 0.636. The number of aliphatic hydroxyl groups is 1. The summed E-state index contributed by atoms with van der Waals surface area (Å²) in [6, 6.07) is 13.1. The summed E-state index contributed by atoms with van der Waals surface area (Å²) in [6.07, 6.45) is 5.13. The van der Waals surface area contributed by atoms with Gasteiger partial charge in [-0.25, -0.2) is 0 Å². The molecule has 3 aliphatic heterocycles. The van der Waals surface area contributed by atoms with E-state index in [9.17, 15) is 24.3 Å². The first-order valence-electron chi connectivity index (χ1n) is 21.0. The lowest BCUT2D eigenvalue weighted by molar-refractivity contribution is -0.224. The number of hydrogen-bond acceptors (Lipinski definition) is 11. The number of fused-ring (bicyclic) bond motifs is 4. The SMILES string of the molecule is CCCCCC1(CCCCC)O[C@@H]2[C@H](O1)[C@H]1ON(Cc3cccc(I)c3)[C@@H]3C(=O)O[C@@H]2C[C@]13C(=O)NCc1cccc(C(=O)N[C@H](CO)CCC(=O)OC(C)(C)C)c1. The first-order valence-corrected chi connectivity index (χ1v) is 22.0. The molecule has 7 atom stereocenters. The summed E-state index contributed by atoms with van der Waals surface area (Å²) < 4.78 is 26.4. The molecule has 6 rings (SSSR count). The third kappa shape index (κ3) is 10.1. The van der Waals surface area contributed by atoms with E-state index in [2.05, 4.69) is 47.1 Å². The Morgan fingerprint density at radius 2 is 1.67 bits per heavy atom. The monoisotopic (exact) mass is 917 g/mol. The Morgan fingerprint density at radius 3 is 2.34 bits per heavy atom. The van der Waals surface area contributed by atoms with E-state index in [1.165, 1.54) is 0 Å². The van der Waals surface area contributed by atoms with E-state index in [0.29, 0.717) is 24.0 Å². The summed E-state index contributed by atoms with van der Waals surface area (Å²) in [5, 5.41) is 17.5. The molecule has 0 spiro atoms. The number of esters is 2. The molecule has 2 amide bonds. The number of rotatable bonds is 19. The van der Waals surface area contributed by atoms with Crippen LogP contribution < -0.4 is 10.6 Å². The molecule has 0 radical (unpaired) electrons. The molecule has 2 aromatic carbocycles. The van der Waals surface area contributed by atoms with E-state index < -0.39 is 71.1 Å². The zero-order valence-corrected chi connectivity index (χ0v) is 36.6. The third-order valence-corrected chi connectivity index (χ3v) is 12.2. The minimum atomic E-state index is -1.34. The summed E-state index contributed by atoms with van der Waals surface area (Å²) in [4.78, 5) is 61.3. The van der Waals surface area contributed by atoms with E-state index in [1.807, 2.05) is 24.3 Å². The molecule has 2 bridgehead atoms. The molecule has 2 aromatic rings. The maximum Gasteiger partial charge on any atom is 0.327 e. The Hall–Kier alpha value is -3.15. The van der Waals surface area contributed by atoms with Crippen LogP contribution in [0.15, 0.2) is 48.5 Å². The van der Waals surface area contributed by atoms with Crippen molar-refractivity contribution in [1.82, 2.24) is 15.7 Å². The van der Waals surface area contributed by atoms with Crippen LogP contribution in [-0.2, 0) is 51.3 Å². The fourth-order valence-corrected chi connectivity index (χ4v) is 9.45. The van der Waals surface area contributed by atoms with Crippen molar-refractivity contribution in [3.8, 4) is 0 Å². The van der Waals surface area contributed by atoms with Crippen molar-refractivity contribution in [3.05, 3.63) is 68.8 Å². The van der Waals surface area contributed by atoms with E-state index in [4.69, 9.17) is 23.8 Å². The molecule has 4 aliphatic rings. The van der Waals surface area contributed by atoms with Crippen LogP contribution >= 0.6 is 22.6 Å². The average molecular weight is 918 g/mol. The number of carbonyl (C=O) groups is 4. The number of ether oxygens (including phenoxy) is 4. The van der Waals surface area contributed by atoms with Crippen LogP contribution in [0.4, 0.5) is 0 Å². The van der Waals surface area contributed by atoms with Gasteiger partial charge in [0.15, 0.2) is 11.8 Å². The number of aliphatic hydroxyl groups excluding tert-OH is 1. The summed E-state index contributed by atoms with van der Waals surface area (Å²) in [7, 11) is 0. The zero-order valence-electron chi connectivity index (χ0n) is 34.4. The average Bonchev–Trinajstić information content (AvgIpc) is 3.73. The maximum atomic E-state index is 14.9. The van der Waals surface area contributed by atoms with Crippen molar-refractivity contribution < 1.29 is 48.1 Å². The molecule has 0 unspecified atom stereocenters. The second-order valence-corrected chi connectivity index (χ2v) is 18.5. The summed E-state index contributed by atoms with van der Waals surface area (Å²) in [5.74, 6) is -2.59. The van der Waals surface area contributed by atoms with Gasteiger partial charge in [-0.2, -0.15) is 5.06 Å². The van der Waals surface area contributed by atoms with Crippen LogP contribution in [-0.4, -0.2) is 88.4 Å². The minimum absolute atomic E-state index is 0.0379. The predicted octanol–water partition coefficient (Wildman–Crippen LogP) is 6.26. The van der Waals surface area contributed by atoms with Crippen molar-refractivity contribution in [2.24, 2.45) is 5.41 Å². The van der Waals surface area contributed by atoms with Gasteiger partial charge in [-0.05, 0) is 98.0 Å². The number of nitrogens with zero attached hydrogens (tertiary/aromatic N) is 1. The second kappa shape index (κ2) is 19.1. The van der Waals surface area contributed by atoms with Crippen molar-refractivity contribution in [2.75, 3.05) is 6.61 Å². The van der Waals surface area contributed by atoms with Gasteiger partial charge in [0.25, 0.3) is 5.91 Å². The number of hydroxylamine groups is 2. The van der Waals surface area contributed by atoms with Crippen molar-refractivity contribution in [2.45, 2.75) is 166 Å². The highest BCUT2D eigenvalue weighted by Gasteiger charge is 2.76. The lowest BCUT2D eigenvalue weighted by atomic mass is 9.62. The molecular formula is C44H60IN3O10. The molecular weight excluding hydrogens is 857 g/mol. The number of amides is 2. The van der Waals surface area contributed by atoms with Crippen LogP contribution in [0.1, 0.15) is 127 Å². The molecule has 3 heterocycles. The standard InChI is InChI=1S/C44H60IN3O10/c1-6-8-10-20-43(21-11-9-7-2)56-35-33-24-44(37(40(52)54-33)48(58-38(44)36(35)57-43)26-29-15-13-17-31(45)23-29)41(53)46-25-28-14-12-16-30(22-28)39(51)47-32(27-49)18-19-34(50)55-42(3,4)5/h12-17,22-23,32-33,35-38,49H,6-11,18-21,24-27H2,1-5H3,(H,46,53)(H,47,51)/t32-,33+,35-,36-,37+,38+,44+/m0/s1. The molecule has 3 N–H and O–H groups in total. The van der Waals surface area contributed by atoms with Crippen LogP contribution in [0.25, 0.3) is 0 Å². The summed E-state index contributed by atoms with van der Waals surface area (Å²) >= 11 is 2.25. The lowest BCUT2D eigenvalue weighted by Gasteiger charge is -2.48. The zero-order chi connectivity index (χ0) is 41.7. The highest BCUT2D eigenvalue weighted by molar-refractivity contribution is 14.1. The smallest absolute Gasteiger partial charge is 0.327 e. The van der Waals surface area contributed by atoms with E-state index in [-0.39, 0.29) is 44.9 Å². The Balaban J connectivity index is 1.22. The number of halogens is 1. The molecule has 14 heteroatoms. The lowest BCUT2D eigenvalue weighted by Crippen LogP contribution is -2.69. The first-order chi connectivity index (χ1) is 27.7. The highest BCUT2D eigenvalue weighted by Crippen LogP contribution is 2.58. The number of benzene rings is 2. The predicted molar refractivity (Wildman–Crippen MR) is 223 cm³/mol. The first kappa shape index (κ1) is 44.4. The largest absolute Gasteiger partial charge is 0.460 e. The van der Waals surface area contributed by atoms with Crippen molar-refractivity contribution in [1.29, 1.82) is 0 Å². The number of unbranched alkanes of at least 4 members (excludes halogenated alkanes) is 4. The van der Waals surface area contributed by atoms with Crippen molar-refractivity contribution in [3.63, 3.8) is 0 Å². The minimum Gasteiger partial charge on any atom is -0.460 e. The number of carbonyl (C=O) groups excluding carboxylic acids is 4. The molecule has 3 saturated heterocycles. The van der Waals surface area contributed by atoms with Gasteiger partial charge in [0.1, 0.15) is 35.4 Å². The molecule has 4 fully saturated rings. The topological polar surface area (TPSA) is 162 Å². The molecule has 318 valence electrons. The van der Waals surface area contributed by atoms with Crippen LogP contribution in [0.2, 0.25) is 0 Å². The fourth-order valence-electron chi connectivity index (χ4n) is 8.84. The van der Waals surface area contributed by atoms with Gasteiger partial charge < -0.3 is 34.7 Å². The molecule has 0 aromatic heterocycles. The van der Waals surface area contributed by atoms with Gasteiger partial charge in [-0.1, -0.05) is 63.8 Å². The van der Waals surface area contributed by atoms with Crippen LogP contribution in [0, 0.1) is 8.99 Å². The molecule has 58 heavy (non-hydrogen) atoms. The number of hydrogen-bond donors (Lipinski definition) is 3. The Kier molecular flexibility index (Phi) is 14.6. The normalized spacial score (nSPS) is 26.4. The van der Waals surface area contributed by atoms with Gasteiger partial charge >= 0.3 is 11.9 Å². The van der Waals surface area contributed by atoms with Crippen LogP contribution in [0.5, 0.6) is 0 Å². The Bertz CT molecular complexity index is 1780. The second-order valence-electron chi connectivity index (χ2n) is 17.2. The molecule has 1 saturated carbocycles. The van der Waals surface area contributed by atoms with Gasteiger partial charge in [-0.3, -0.25) is 24.0 Å². The summed E-state index contributed by atoms with van der Waals surface area (Å²) in [5.41, 5.74) is -0.0646. The van der Waals surface area contributed by atoms with Crippen LogP contribution in [0.3, 0.4) is 0 Å². The maximum absolute atomic E-state index is 14.9. The Morgan fingerprint density at radius 1 is 0.983 bits per heavy atom. The van der Waals surface area contributed by atoms with E-state index >= 15 is 0 Å².